The van der Waals surface area contributed by atoms with Gasteiger partial charge in [0.25, 0.3) is 0 Å². The number of benzene rings is 9. The molecule has 0 spiro atoms. The van der Waals surface area contributed by atoms with Gasteiger partial charge in [0.15, 0.2) is 24.8 Å². The number of nitrogens with zero attached hydrogens (tertiary/aromatic N) is 4. The molecule has 0 bridgehead atoms. The molecule has 4 heterocycles. The molecule has 0 amide bonds. The molecule has 0 N–H and O–H groups in total. The molecule has 0 unspecified atom stereocenters. The lowest BCUT2D eigenvalue weighted by Crippen LogP contribution is -2.45. The maximum absolute atomic E-state index is 15.3. The van der Waals surface area contributed by atoms with Gasteiger partial charge in [-0.3, -0.25) is 0 Å². The first-order valence-corrected chi connectivity index (χ1v) is 57.6. The average molecular weight is 1670 g/mol. The van der Waals surface area contributed by atoms with Gasteiger partial charge in [0, 0.05) is 24.3 Å². The summed E-state index contributed by atoms with van der Waals surface area (Å²) in [5, 5.41) is 16.5. The fourth-order valence-electron chi connectivity index (χ4n) is 21.7. The summed E-state index contributed by atoms with van der Waals surface area (Å²) >= 11 is 0. The molecule has 9 aromatic carbocycles. The first-order chi connectivity index (χ1) is 57.1. The minimum Gasteiger partial charge on any atom is -0.206 e. The molecule has 0 radical (unpaired) electrons. The van der Waals surface area contributed by atoms with Gasteiger partial charge in [0.2, 0.25) is 22.8 Å². The second kappa shape index (κ2) is 35.6. The first-order valence-electron chi connectivity index (χ1n) is 45.3. The van der Waals surface area contributed by atoms with Crippen LogP contribution in [0.25, 0.3) is 99.2 Å². The summed E-state index contributed by atoms with van der Waals surface area (Å²) in [6, 6.07) is 61.3. The second-order valence-electron chi connectivity index (χ2n) is 39.1. The van der Waals surface area contributed by atoms with Crippen molar-refractivity contribution in [2.24, 2.45) is 28.2 Å². The van der Waals surface area contributed by atoms with Crippen molar-refractivity contribution in [1.29, 1.82) is 0 Å². The second-order valence-corrected chi connectivity index (χ2v) is 58.5. The van der Waals surface area contributed by atoms with Crippen LogP contribution in [0.3, 0.4) is 0 Å². The summed E-state index contributed by atoms with van der Waals surface area (Å²) < 4.78 is 53.2. The molecule has 120 heavy (non-hydrogen) atoms. The third kappa shape index (κ3) is 17.0. The van der Waals surface area contributed by atoms with Crippen LogP contribution in [0.5, 0.6) is 0 Å². The largest absolute Gasteiger partial charge is 0.223 e. The van der Waals surface area contributed by atoms with Gasteiger partial charge in [0.1, 0.15) is 45.6 Å². The van der Waals surface area contributed by atoms with E-state index < -0.39 is 32.3 Å². The van der Waals surface area contributed by atoms with E-state index in [9.17, 15) is 8.78 Å². The minimum atomic E-state index is -1.49. The number of hydrogen-bond donors (Lipinski definition) is 0. The summed E-state index contributed by atoms with van der Waals surface area (Å²) in [6.07, 6.45) is 31.8. The van der Waals surface area contributed by atoms with E-state index in [0.717, 1.165) is 88.9 Å². The molecule has 4 aromatic heterocycles. The van der Waals surface area contributed by atoms with E-state index in [-0.39, 0.29) is 17.5 Å². The van der Waals surface area contributed by atoms with Crippen LogP contribution in [0.15, 0.2) is 189 Å². The van der Waals surface area contributed by atoms with Crippen LogP contribution in [0.1, 0.15) is 165 Å². The SMILES string of the molecule is CCc1cc(-c2c3ccc([Si](C)(C)C4CCCC4)cc3cc[n+]2C)c(C)c(C)c1F.Cc1cc(-c2c3ccc([Si](C)(C)C4CCCC4)cc3cc[n+]2C)c(C)c(C)c1F.Cc1cc(C)c(F)c(-c2c3ccc([Si](C)(C)C4CCCC4)cc3cc[n+]2C)c1C.Cc1ccc(-c2ccccc2)cc1-c1c2ccc([Si](C)(C)C3CCCC3)cc2cc[n+]1C. The number of pyridine rings is 4. The number of aromatic nitrogens is 4. The highest BCUT2D eigenvalue weighted by Gasteiger charge is 2.41. The molecule has 13 aromatic rings. The maximum Gasteiger partial charge on any atom is 0.223 e. The fraction of sp³-hybridized carbons (Fsp3) is 0.394. The van der Waals surface area contributed by atoms with Gasteiger partial charge in [-0.25, -0.2) is 31.4 Å². The Morgan fingerprint density at radius 3 is 1.00 bits per heavy atom. The molecular weight excluding hydrogens is 1530 g/mol. The van der Waals surface area contributed by atoms with Crippen LogP contribution in [0, 0.1) is 79.8 Å². The van der Waals surface area contributed by atoms with E-state index in [1.54, 1.807) is 15.6 Å². The molecule has 17 rings (SSSR count). The summed E-state index contributed by atoms with van der Waals surface area (Å²) in [4.78, 5) is 0. The van der Waals surface area contributed by atoms with Crippen LogP contribution < -0.4 is 39.0 Å². The van der Waals surface area contributed by atoms with Gasteiger partial charge in [-0.1, -0.05) is 280 Å². The predicted octanol–water partition coefficient (Wildman–Crippen LogP) is 26.2. The molecule has 4 saturated carbocycles. The smallest absolute Gasteiger partial charge is 0.206 e. The maximum atomic E-state index is 15.3. The Kier molecular flexibility index (Phi) is 26.0. The van der Waals surface area contributed by atoms with Crippen LogP contribution in [0.2, 0.25) is 74.5 Å². The molecule has 4 aliphatic carbocycles. The monoisotopic (exact) mass is 1670 g/mol. The zero-order valence-corrected chi connectivity index (χ0v) is 80.7. The Morgan fingerprint density at radius 2 is 0.625 bits per heavy atom. The highest BCUT2D eigenvalue weighted by molar-refractivity contribution is 6.92. The Labute approximate surface area is 721 Å². The molecule has 4 fully saturated rings. The average Bonchev–Trinajstić information content (AvgIpc) is 0.925. The van der Waals surface area contributed by atoms with Crippen molar-refractivity contribution in [3.63, 3.8) is 0 Å². The molecule has 624 valence electrons. The zero-order chi connectivity index (χ0) is 85.8. The van der Waals surface area contributed by atoms with Gasteiger partial charge in [-0.2, -0.15) is 0 Å². The fourth-order valence-corrected chi connectivity index (χ4v) is 35.2. The lowest BCUT2D eigenvalue weighted by molar-refractivity contribution is -0.659. The molecular formula is C109H135F3N4Si4+4. The Morgan fingerprint density at radius 1 is 0.292 bits per heavy atom. The van der Waals surface area contributed by atoms with Crippen molar-refractivity contribution in [3.8, 4) is 56.2 Å². The Bertz CT molecular complexity index is 6010. The number of aryl methyl sites for hydroxylation is 9. The van der Waals surface area contributed by atoms with Gasteiger partial charge in [-0.05, 0) is 222 Å². The van der Waals surface area contributed by atoms with E-state index in [0.29, 0.717) is 17.5 Å². The zero-order valence-electron chi connectivity index (χ0n) is 76.7. The third-order valence-corrected chi connectivity index (χ3v) is 48.3. The Hall–Kier alpha value is -8.72. The number of hydrogen-bond acceptors (Lipinski definition) is 0. The molecule has 11 heteroatoms. The summed E-state index contributed by atoms with van der Waals surface area (Å²) in [5.74, 6) is -0.227. The van der Waals surface area contributed by atoms with Crippen molar-refractivity contribution in [2.45, 2.75) is 253 Å². The van der Waals surface area contributed by atoms with Crippen LogP contribution in [0.4, 0.5) is 13.2 Å². The molecule has 4 nitrogen and oxygen atoms in total. The molecule has 0 saturated heterocycles. The van der Waals surface area contributed by atoms with Gasteiger partial charge >= 0.3 is 0 Å². The highest BCUT2D eigenvalue weighted by atomic mass is 28.3. The first kappa shape index (κ1) is 87.6. The van der Waals surface area contributed by atoms with Crippen molar-refractivity contribution < 1.29 is 31.4 Å². The van der Waals surface area contributed by atoms with Crippen LogP contribution >= 0.6 is 0 Å². The topological polar surface area (TPSA) is 15.5 Å². The van der Waals surface area contributed by atoms with Gasteiger partial charge < -0.3 is 0 Å². The van der Waals surface area contributed by atoms with Crippen molar-refractivity contribution in [1.82, 2.24) is 0 Å². The van der Waals surface area contributed by atoms with Crippen molar-refractivity contribution >= 4 is 96.1 Å². The lowest BCUT2D eigenvalue weighted by atomic mass is 9.93. The number of fused-ring (bicyclic) bond motifs is 4. The quantitative estimate of drug-likeness (QED) is 0.0762. The summed E-state index contributed by atoms with van der Waals surface area (Å²) in [5.41, 5.74) is 24.5. The highest BCUT2D eigenvalue weighted by Crippen LogP contribution is 2.45. The minimum absolute atomic E-state index is 0.0479. The van der Waals surface area contributed by atoms with E-state index in [1.807, 2.05) is 67.6 Å². The summed E-state index contributed by atoms with van der Waals surface area (Å²) in [6.45, 7) is 40.4. The van der Waals surface area contributed by atoms with E-state index in [4.69, 9.17) is 0 Å². The molecule has 0 aliphatic heterocycles. The normalized spacial score (nSPS) is 15.2. The van der Waals surface area contributed by atoms with Crippen molar-refractivity contribution in [2.75, 3.05) is 0 Å². The third-order valence-electron chi connectivity index (χ3n) is 30.6. The standard InChI is InChI=1S/C30H34NSi.C27H35FNSi.2C26H33FNSi/c1-22-14-15-24(23-10-6-5-7-11-23)21-29(22)30-28-17-16-27(20-25(28)18-19-31(30)2)32(3,4)26-12-8-9-13-26;1-7-20-17-25(18(2)19(3)26(20)28)27-24-13-12-23(16-21(24)14-15-29(27)4)30(5,6)22-10-8-9-11-22;1-17-15-24(18(2)19(3)25(17)27)26-23-12-11-22(16-20(23)13-14-28(26)4)29(5,6)21-9-7-8-10-21;1-17-15-18(2)25(27)24(19(17)3)26-23-12-11-22(16-20(23)13-14-28(26)4)29(5,6)21-9-7-8-10-21/h5-7,10-11,14-21,26H,8-9,12-13H2,1-4H3;12-17,22H,7-11H2,1-6H3;2*11-16,21H,7-10H2,1-6H3/q4*+1. The summed E-state index contributed by atoms with van der Waals surface area (Å²) in [7, 11) is 2.51. The molecule has 4 aliphatic rings. The van der Waals surface area contributed by atoms with E-state index in [2.05, 4.69) is 289 Å². The molecule has 0 atom stereocenters. The lowest BCUT2D eigenvalue weighted by Gasteiger charge is -2.30. The van der Waals surface area contributed by atoms with Crippen LogP contribution in [-0.2, 0) is 34.6 Å². The number of halogens is 3. The van der Waals surface area contributed by atoms with Gasteiger partial charge in [0.05, 0.1) is 76.1 Å². The van der Waals surface area contributed by atoms with Gasteiger partial charge in [-0.15, -0.1) is 0 Å². The van der Waals surface area contributed by atoms with E-state index in [1.165, 1.54) is 185 Å². The Balaban J connectivity index is 0.000000131. The van der Waals surface area contributed by atoms with E-state index >= 15 is 4.39 Å². The van der Waals surface area contributed by atoms with Crippen LogP contribution in [-0.4, -0.2) is 32.3 Å². The predicted molar refractivity (Wildman–Crippen MR) is 517 cm³/mol. The van der Waals surface area contributed by atoms with Crippen molar-refractivity contribution in [3.05, 3.63) is 262 Å². The number of rotatable bonds is 14.